The molecule has 1 saturated carbocycles. The van der Waals surface area contributed by atoms with Gasteiger partial charge in [0, 0.05) is 43.5 Å². The van der Waals surface area contributed by atoms with Gasteiger partial charge in [-0.25, -0.2) is 4.98 Å². The molecule has 8 heteroatoms. The highest BCUT2D eigenvalue weighted by Crippen LogP contribution is 2.35. The highest BCUT2D eigenvalue weighted by atomic mass is 16.2. The van der Waals surface area contributed by atoms with Gasteiger partial charge in [0.2, 0.25) is 5.91 Å². The third-order valence-electron chi connectivity index (χ3n) is 8.12. The fourth-order valence-corrected chi connectivity index (χ4v) is 5.86. The van der Waals surface area contributed by atoms with Crippen molar-refractivity contribution in [2.24, 2.45) is 11.8 Å². The molecule has 39 heavy (non-hydrogen) atoms. The number of aromatic amines is 1. The first-order valence-corrected chi connectivity index (χ1v) is 13.6. The first kappa shape index (κ1) is 23.6. The molecule has 1 aliphatic carbocycles. The fourth-order valence-electron chi connectivity index (χ4n) is 5.86. The summed E-state index contributed by atoms with van der Waals surface area (Å²) in [4.78, 5) is 32.6. The Morgan fingerprint density at radius 3 is 2.59 bits per heavy atom. The van der Waals surface area contributed by atoms with Crippen LogP contribution in [-0.2, 0) is 11.3 Å². The van der Waals surface area contributed by atoms with Gasteiger partial charge in [0.1, 0.15) is 5.82 Å². The van der Waals surface area contributed by atoms with Crippen LogP contribution in [-0.4, -0.2) is 56.6 Å². The Hall–Kier alpha value is -4.46. The number of H-pyrrole nitrogens is 1. The van der Waals surface area contributed by atoms with Gasteiger partial charge in [-0.1, -0.05) is 36.4 Å². The molecule has 1 aliphatic heterocycles. The molecule has 0 unspecified atom stereocenters. The molecule has 2 N–H and O–H groups in total. The van der Waals surface area contributed by atoms with Crippen LogP contribution in [0.4, 0.5) is 0 Å². The fraction of sp³-hybridized carbons (Fsp3) is 0.290. The number of carbonyl (C=O) groups is 2. The van der Waals surface area contributed by atoms with E-state index in [-0.39, 0.29) is 11.8 Å². The number of carbonyl (C=O) groups excluding carboxylic acids is 2. The lowest BCUT2D eigenvalue weighted by Crippen LogP contribution is -2.30. The predicted octanol–water partition coefficient (Wildman–Crippen LogP) is 4.86. The lowest BCUT2D eigenvalue weighted by atomic mass is 10.0. The molecule has 3 heterocycles. The minimum absolute atomic E-state index is 0.129. The number of hydrogen-bond acceptors (Lipinski definition) is 4. The van der Waals surface area contributed by atoms with Crippen molar-refractivity contribution in [3.63, 3.8) is 0 Å². The van der Waals surface area contributed by atoms with Crippen molar-refractivity contribution in [3.05, 3.63) is 72.4 Å². The number of benzene rings is 3. The second-order valence-corrected chi connectivity index (χ2v) is 10.8. The van der Waals surface area contributed by atoms with E-state index in [9.17, 15) is 9.59 Å². The normalized spacial score (nSPS) is 17.3. The van der Waals surface area contributed by atoms with Crippen LogP contribution >= 0.6 is 0 Å². The number of likely N-dealkylation sites (tertiary alicyclic amines) is 1. The summed E-state index contributed by atoms with van der Waals surface area (Å²) in [5, 5.41) is 11.0. The Bertz CT molecular complexity index is 1710. The Morgan fingerprint density at radius 1 is 1.00 bits per heavy atom. The van der Waals surface area contributed by atoms with Crippen LogP contribution in [0.1, 0.15) is 29.6 Å². The van der Waals surface area contributed by atoms with Gasteiger partial charge in [-0.15, -0.1) is 0 Å². The first-order valence-electron chi connectivity index (χ1n) is 13.6. The number of hydrogen-bond donors (Lipinski definition) is 2. The van der Waals surface area contributed by atoms with Gasteiger partial charge < -0.3 is 14.8 Å². The van der Waals surface area contributed by atoms with Gasteiger partial charge in [-0.05, 0) is 60.6 Å². The smallest absolute Gasteiger partial charge is 0.253 e. The van der Waals surface area contributed by atoms with Crippen LogP contribution in [0.3, 0.4) is 0 Å². The predicted molar refractivity (Wildman–Crippen MR) is 151 cm³/mol. The monoisotopic (exact) mass is 518 g/mol. The summed E-state index contributed by atoms with van der Waals surface area (Å²) in [5.41, 5.74) is 6.49. The van der Waals surface area contributed by atoms with E-state index < -0.39 is 0 Å². The summed E-state index contributed by atoms with van der Waals surface area (Å²) >= 11 is 0. The van der Waals surface area contributed by atoms with E-state index in [0.717, 1.165) is 76.8 Å². The van der Waals surface area contributed by atoms with Crippen molar-refractivity contribution in [2.45, 2.75) is 25.8 Å². The maximum Gasteiger partial charge on any atom is 0.253 e. The molecule has 1 saturated heterocycles. The van der Waals surface area contributed by atoms with Crippen LogP contribution in [0, 0.1) is 11.8 Å². The molecular formula is C31H30N6O2. The van der Waals surface area contributed by atoms with E-state index in [1.807, 2.05) is 35.4 Å². The summed E-state index contributed by atoms with van der Waals surface area (Å²) < 4.78 is 2.20. The highest BCUT2D eigenvalue weighted by molar-refractivity contribution is 6.05. The van der Waals surface area contributed by atoms with Gasteiger partial charge >= 0.3 is 0 Å². The summed E-state index contributed by atoms with van der Waals surface area (Å²) in [7, 11) is 1.65. The van der Waals surface area contributed by atoms with Gasteiger partial charge in [-0.2, -0.15) is 5.10 Å². The zero-order valence-electron chi connectivity index (χ0n) is 21.9. The lowest BCUT2D eigenvalue weighted by molar-refractivity contribution is -0.131. The second kappa shape index (κ2) is 9.38. The molecule has 5 aromatic rings. The van der Waals surface area contributed by atoms with Crippen LogP contribution < -0.4 is 5.32 Å². The van der Waals surface area contributed by atoms with Crippen LogP contribution in [0.2, 0.25) is 0 Å². The Labute approximate surface area is 226 Å². The molecule has 2 aromatic heterocycles. The SMILES string of the molecule is CNC(=O)c1cccc2nc(-c3ccc(-c4ccc5[nH]ncc5c4)cc3)n(C[C@H]3CCN(C(=O)C4CC4)C3)c12. The van der Waals surface area contributed by atoms with E-state index in [1.54, 1.807) is 7.05 Å². The van der Waals surface area contributed by atoms with E-state index in [1.165, 1.54) is 0 Å². The lowest BCUT2D eigenvalue weighted by Gasteiger charge is -2.18. The third-order valence-corrected chi connectivity index (χ3v) is 8.12. The van der Waals surface area contributed by atoms with Crippen LogP contribution in [0.25, 0.3) is 44.5 Å². The van der Waals surface area contributed by atoms with Crippen molar-refractivity contribution in [3.8, 4) is 22.5 Å². The Morgan fingerprint density at radius 2 is 1.79 bits per heavy atom. The van der Waals surface area contributed by atoms with E-state index >= 15 is 0 Å². The molecule has 0 spiro atoms. The standard InChI is InChI=1S/C31H30N6O2/c1-32-30(38)25-3-2-4-27-28(25)37(18-19-13-14-36(17-19)31(39)22-9-10-22)29(34-27)21-7-5-20(6-8-21)23-11-12-26-24(15-23)16-33-35-26/h2-8,11-12,15-16,19,22H,9-10,13-14,17-18H2,1H3,(H,32,38)(H,33,35)/t19-/m0/s1. The van der Waals surface area contributed by atoms with Crippen molar-refractivity contribution in [2.75, 3.05) is 20.1 Å². The van der Waals surface area contributed by atoms with E-state index in [2.05, 4.69) is 56.5 Å². The summed E-state index contributed by atoms with van der Waals surface area (Å²) in [6.07, 6.45) is 4.84. The largest absolute Gasteiger partial charge is 0.355 e. The number of aromatic nitrogens is 4. The molecule has 2 fully saturated rings. The molecule has 2 aliphatic rings. The minimum atomic E-state index is -0.129. The second-order valence-electron chi connectivity index (χ2n) is 10.8. The zero-order chi connectivity index (χ0) is 26.5. The first-order chi connectivity index (χ1) is 19.1. The van der Waals surface area contributed by atoms with Crippen molar-refractivity contribution < 1.29 is 9.59 Å². The molecule has 0 bridgehead atoms. The van der Waals surface area contributed by atoms with Gasteiger partial charge in [0.05, 0.1) is 28.3 Å². The summed E-state index contributed by atoms with van der Waals surface area (Å²) in [6.45, 7) is 2.26. The maximum atomic E-state index is 12.8. The number of fused-ring (bicyclic) bond motifs is 2. The molecule has 196 valence electrons. The van der Waals surface area contributed by atoms with E-state index in [4.69, 9.17) is 4.98 Å². The van der Waals surface area contributed by atoms with Crippen molar-refractivity contribution in [1.29, 1.82) is 0 Å². The molecule has 8 nitrogen and oxygen atoms in total. The number of para-hydroxylation sites is 1. The number of nitrogens with one attached hydrogen (secondary N) is 2. The third kappa shape index (κ3) is 4.26. The quantitative estimate of drug-likeness (QED) is 0.335. The molecule has 0 radical (unpaired) electrons. The van der Waals surface area contributed by atoms with Crippen LogP contribution in [0.5, 0.6) is 0 Å². The minimum Gasteiger partial charge on any atom is -0.355 e. The number of amides is 2. The van der Waals surface area contributed by atoms with E-state index in [0.29, 0.717) is 23.9 Å². The van der Waals surface area contributed by atoms with Gasteiger partial charge in [0.15, 0.2) is 0 Å². The topological polar surface area (TPSA) is 95.9 Å². The zero-order valence-corrected chi connectivity index (χ0v) is 21.9. The molecule has 7 rings (SSSR count). The summed E-state index contributed by atoms with van der Waals surface area (Å²) in [6, 6.07) is 20.4. The highest BCUT2D eigenvalue weighted by Gasteiger charge is 2.37. The Balaban J connectivity index is 1.26. The van der Waals surface area contributed by atoms with Crippen LogP contribution in [0.15, 0.2) is 66.9 Å². The Kier molecular flexibility index (Phi) is 5.68. The maximum absolute atomic E-state index is 12.8. The summed E-state index contributed by atoms with van der Waals surface area (Å²) in [5.74, 6) is 1.56. The van der Waals surface area contributed by atoms with Gasteiger partial charge in [0.25, 0.3) is 5.91 Å². The number of nitrogens with zero attached hydrogens (tertiary/aromatic N) is 4. The molecule has 2 amide bonds. The molecule has 3 aromatic carbocycles. The van der Waals surface area contributed by atoms with Crippen molar-refractivity contribution >= 4 is 33.8 Å². The van der Waals surface area contributed by atoms with Gasteiger partial charge in [-0.3, -0.25) is 14.7 Å². The van der Waals surface area contributed by atoms with Crippen molar-refractivity contribution in [1.82, 2.24) is 30.0 Å². The number of imidazole rings is 1. The molecule has 1 atom stereocenters. The number of rotatable bonds is 6. The molecular weight excluding hydrogens is 488 g/mol. The average Bonchev–Trinajstić information content (AvgIpc) is 3.36. The average molecular weight is 519 g/mol.